The maximum atomic E-state index is 12.5. The van der Waals surface area contributed by atoms with Crippen molar-refractivity contribution < 1.29 is 18.1 Å². The molecule has 0 aliphatic rings. The van der Waals surface area contributed by atoms with Crippen LogP contribution in [0.1, 0.15) is 18.1 Å². The first-order valence-electron chi connectivity index (χ1n) is 7.54. The number of aryl methyl sites for hydroxylation is 1. The SMILES string of the molecule is Cc1ccccc1CNC(=O)[C@H](C)S(=O)(=O)c1ccc([N+](=O)[O-])cc1. The number of nitro groups is 1. The maximum Gasteiger partial charge on any atom is 0.269 e. The van der Waals surface area contributed by atoms with Gasteiger partial charge >= 0.3 is 0 Å². The van der Waals surface area contributed by atoms with Crippen LogP contribution < -0.4 is 5.32 Å². The van der Waals surface area contributed by atoms with Gasteiger partial charge in [-0.05, 0) is 37.1 Å². The van der Waals surface area contributed by atoms with Crippen LogP contribution in [0.5, 0.6) is 0 Å². The summed E-state index contributed by atoms with van der Waals surface area (Å²) in [5.74, 6) is -0.624. The third-order valence-electron chi connectivity index (χ3n) is 3.93. The molecule has 2 aromatic rings. The first-order valence-corrected chi connectivity index (χ1v) is 9.08. The summed E-state index contributed by atoms with van der Waals surface area (Å²) in [5, 5.41) is 12.0. The summed E-state index contributed by atoms with van der Waals surface area (Å²) in [5.41, 5.74) is 1.68. The number of non-ortho nitro benzene ring substituents is 1. The highest BCUT2D eigenvalue weighted by atomic mass is 32.2. The Morgan fingerprint density at radius 3 is 2.32 bits per heavy atom. The molecular weight excluding hydrogens is 344 g/mol. The maximum absolute atomic E-state index is 12.5. The number of amides is 1. The molecule has 1 N–H and O–H groups in total. The first-order chi connectivity index (χ1) is 11.7. The van der Waals surface area contributed by atoms with Gasteiger partial charge in [0.1, 0.15) is 5.25 Å². The minimum Gasteiger partial charge on any atom is -0.351 e. The second kappa shape index (κ2) is 7.43. The number of carbonyl (C=O) groups excluding carboxylic acids is 1. The van der Waals surface area contributed by atoms with Crippen LogP contribution in [0.3, 0.4) is 0 Å². The number of sulfone groups is 1. The van der Waals surface area contributed by atoms with Crippen LogP contribution in [0, 0.1) is 17.0 Å². The largest absolute Gasteiger partial charge is 0.351 e. The third kappa shape index (κ3) is 4.21. The molecule has 0 bridgehead atoms. The van der Waals surface area contributed by atoms with Crippen molar-refractivity contribution in [2.75, 3.05) is 0 Å². The van der Waals surface area contributed by atoms with Gasteiger partial charge in [-0.25, -0.2) is 8.42 Å². The molecule has 0 radical (unpaired) electrons. The normalized spacial score (nSPS) is 12.4. The molecule has 0 saturated heterocycles. The Morgan fingerprint density at radius 1 is 1.16 bits per heavy atom. The van der Waals surface area contributed by atoms with E-state index in [2.05, 4.69) is 5.32 Å². The van der Waals surface area contributed by atoms with Crippen molar-refractivity contribution in [3.63, 3.8) is 0 Å². The Balaban J connectivity index is 2.11. The molecule has 0 heterocycles. The molecule has 0 aliphatic heterocycles. The lowest BCUT2D eigenvalue weighted by Gasteiger charge is -2.14. The van der Waals surface area contributed by atoms with Crippen LogP contribution in [0.25, 0.3) is 0 Å². The summed E-state index contributed by atoms with van der Waals surface area (Å²) in [7, 11) is -3.93. The van der Waals surface area contributed by atoms with E-state index in [1.165, 1.54) is 6.92 Å². The van der Waals surface area contributed by atoms with Crippen molar-refractivity contribution in [1.82, 2.24) is 5.32 Å². The lowest BCUT2D eigenvalue weighted by molar-refractivity contribution is -0.384. The minimum absolute atomic E-state index is 0.128. The molecule has 0 spiro atoms. The molecule has 2 rings (SSSR count). The monoisotopic (exact) mass is 362 g/mol. The Morgan fingerprint density at radius 2 is 1.76 bits per heavy atom. The first kappa shape index (κ1) is 18.6. The lowest BCUT2D eigenvalue weighted by atomic mass is 10.1. The number of rotatable bonds is 6. The lowest BCUT2D eigenvalue weighted by Crippen LogP contribution is -2.37. The van der Waals surface area contributed by atoms with Gasteiger partial charge in [0.15, 0.2) is 9.84 Å². The fourth-order valence-corrected chi connectivity index (χ4v) is 3.53. The van der Waals surface area contributed by atoms with E-state index >= 15 is 0 Å². The summed E-state index contributed by atoms with van der Waals surface area (Å²) >= 11 is 0. The van der Waals surface area contributed by atoms with Gasteiger partial charge in [-0.3, -0.25) is 14.9 Å². The average Bonchev–Trinajstić information content (AvgIpc) is 2.60. The summed E-state index contributed by atoms with van der Waals surface area (Å²) < 4.78 is 25.0. The predicted molar refractivity (Wildman–Crippen MR) is 92.8 cm³/mol. The molecule has 8 heteroatoms. The molecule has 0 fully saturated rings. The van der Waals surface area contributed by atoms with E-state index in [1.54, 1.807) is 0 Å². The third-order valence-corrected chi connectivity index (χ3v) is 6.00. The van der Waals surface area contributed by atoms with Crippen LogP contribution in [0.15, 0.2) is 53.4 Å². The van der Waals surface area contributed by atoms with Gasteiger partial charge in [0.05, 0.1) is 9.82 Å². The zero-order valence-corrected chi connectivity index (χ0v) is 14.6. The summed E-state index contributed by atoms with van der Waals surface area (Å²) in [6, 6.07) is 11.9. The van der Waals surface area contributed by atoms with E-state index in [1.807, 2.05) is 31.2 Å². The van der Waals surface area contributed by atoms with Crippen LogP contribution in [-0.2, 0) is 21.2 Å². The molecule has 132 valence electrons. The van der Waals surface area contributed by atoms with Crippen molar-refractivity contribution in [1.29, 1.82) is 0 Å². The fourth-order valence-electron chi connectivity index (χ4n) is 2.24. The van der Waals surface area contributed by atoms with E-state index < -0.39 is 25.9 Å². The molecule has 1 atom stereocenters. The molecule has 7 nitrogen and oxygen atoms in total. The quantitative estimate of drug-likeness (QED) is 0.627. The highest BCUT2D eigenvalue weighted by molar-refractivity contribution is 7.92. The second-order valence-corrected chi connectivity index (χ2v) is 7.85. The number of nitrogens with one attached hydrogen (secondary N) is 1. The van der Waals surface area contributed by atoms with E-state index in [-0.39, 0.29) is 17.1 Å². The molecule has 0 aliphatic carbocycles. The zero-order chi connectivity index (χ0) is 18.6. The number of benzene rings is 2. The number of hydrogen-bond donors (Lipinski definition) is 1. The van der Waals surface area contributed by atoms with Crippen LogP contribution in [0.4, 0.5) is 5.69 Å². The van der Waals surface area contributed by atoms with Crippen molar-refractivity contribution in [2.24, 2.45) is 0 Å². The van der Waals surface area contributed by atoms with Gasteiger partial charge in [-0.15, -0.1) is 0 Å². The highest BCUT2D eigenvalue weighted by Gasteiger charge is 2.30. The summed E-state index contributed by atoms with van der Waals surface area (Å²) in [4.78, 5) is 22.1. The minimum atomic E-state index is -3.93. The Kier molecular flexibility index (Phi) is 5.53. The van der Waals surface area contributed by atoms with Gasteiger partial charge in [-0.2, -0.15) is 0 Å². The van der Waals surface area contributed by atoms with Crippen LogP contribution >= 0.6 is 0 Å². The van der Waals surface area contributed by atoms with E-state index in [9.17, 15) is 23.3 Å². The van der Waals surface area contributed by atoms with Crippen molar-refractivity contribution in [2.45, 2.75) is 30.5 Å². The molecule has 0 aromatic heterocycles. The van der Waals surface area contributed by atoms with Crippen molar-refractivity contribution in [3.8, 4) is 0 Å². The van der Waals surface area contributed by atoms with E-state index in [0.29, 0.717) is 0 Å². The number of carbonyl (C=O) groups is 1. The Labute approximate surface area is 145 Å². The molecule has 0 unspecified atom stereocenters. The Hall–Kier alpha value is -2.74. The van der Waals surface area contributed by atoms with Gasteiger partial charge in [-0.1, -0.05) is 24.3 Å². The summed E-state index contributed by atoms with van der Waals surface area (Å²) in [6.07, 6.45) is 0. The van der Waals surface area contributed by atoms with E-state index in [4.69, 9.17) is 0 Å². The van der Waals surface area contributed by atoms with Crippen LogP contribution in [0.2, 0.25) is 0 Å². The second-order valence-electron chi connectivity index (χ2n) is 5.58. The smallest absolute Gasteiger partial charge is 0.269 e. The van der Waals surface area contributed by atoms with Crippen molar-refractivity contribution >= 4 is 21.4 Å². The van der Waals surface area contributed by atoms with E-state index in [0.717, 1.165) is 35.4 Å². The number of nitro benzene ring substituents is 1. The highest BCUT2D eigenvalue weighted by Crippen LogP contribution is 2.20. The van der Waals surface area contributed by atoms with Gasteiger partial charge in [0.2, 0.25) is 5.91 Å². The molecule has 2 aromatic carbocycles. The van der Waals surface area contributed by atoms with Crippen LogP contribution in [-0.4, -0.2) is 24.5 Å². The standard InChI is InChI=1S/C17H18N2O5S/c1-12-5-3-4-6-14(12)11-18-17(20)13(2)25(23,24)16-9-7-15(8-10-16)19(21)22/h3-10,13H,11H2,1-2H3,(H,18,20)/t13-/m0/s1. The zero-order valence-electron chi connectivity index (χ0n) is 13.8. The summed E-state index contributed by atoms with van der Waals surface area (Å²) in [6.45, 7) is 3.42. The average molecular weight is 362 g/mol. The molecular formula is C17H18N2O5S. The molecule has 0 saturated carbocycles. The predicted octanol–water partition coefficient (Wildman–Crippen LogP) is 2.38. The number of hydrogen-bond acceptors (Lipinski definition) is 5. The number of nitrogens with zero attached hydrogens (tertiary/aromatic N) is 1. The topological polar surface area (TPSA) is 106 Å². The Bertz CT molecular complexity index is 892. The van der Waals surface area contributed by atoms with Gasteiger partial charge < -0.3 is 5.32 Å². The molecule has 25 heavy (non-hydrogen) atoms. The molecule has 1 amide bonds. The van der Waals surface area contributed by atoms with Gasteiger partial charge in [0, 0.05) is 18.7 Å². The fraction of sp³-hybridized carbons (Fsp3) is 0.235. The van der Waals surface area contributed by atoms with Crippen molar-refractivity contribution in [3.05, 3.63) is 69.8 Å². The van der Waals surface area contributed by atoms with Gasteiger partial charge in [0.25, 0.3) is 5.69 Å².